The van der Waals surface area contributed by atoms with E-state index in [0.29, 0.717) is 32.0 Å². The number of morpholine rings is 1. The molecule has 0 unspecified atom stereocenters. The van der Waals surface area contributed by atoms with Crippen molar-refractivity contribution in [2.75, 3.05) is 43.7 Å². The van der Waals surface area contributed by atoms with Gasteiger partial charge in [-0.15, -0.1) is 0 Å². The molecule has 6 heteroatoms. The van der Waals surface area contributed by atoms with E-state index < -0.39 is 10.0 Å². The molecule has 1 aliphatic rings. The van der Waals surface area contributed by atoms with E-state index in [-0.39, 0.29) is 5.75 Å². The van der Waals surface area contributed by atoms with E-state index in [1.807, 2.05) is 61.5 Å². The zero-order valence-corrected chi connectivity index (χ0v) is 16.0. The number of para-hydroxylation sites is 1. The zero-order valence-electron chi connectivity index (χ0n) is 15.2. The van der Waals surface area contributed by atoms with Crippen molar-refractivity contribution in [2.24, 2.45) is 0 Å². The lowest BCUT2D eigenvalue weighted by molar-refractivity contribution is 0.0395. The van der Waals surface area contributed by atoms with Gasteiger partial charge in [-0.25, -0.2) is 8.42 Å². The molecule has 0 spiro atoms. The Labute approximate surface area is 156 Å². The first-order valence-corrected chi connectivity index (χ1v) is 10.6. The minimum Gasteiger partial charge on any atom is -0.379 e. The van der Waals surface area contributed by atoms with Crippen molar-refractivity contribution < 1.29 is 13.2 Å². The Morgan fingerprint density at radius 2 is 1.77 bits per heavy atom. The monoisotopic (exact) mass is 374 g/mol. The molecule has 140 valence electrons. The molecule has 5 nitrogen and oxygen atoms in total. The standard InChI is InChI=1S/C20H26N2O3S/c1-18-6-5-7-19(16-18)17-26(23,24)22(20-8-3-2-4-9-20)11-10-21-12-14-25-15-13-21/h2-9,16H,10-15,17H2,1H3. The predicted octanol–water partition coefficient (Wildman–Crippen LogP) is 2.66. The lowest BCUT2D eigenvalue weighted by Crippen LogP contribution is -2.43. The summed E-state index contributed by atoms with van der Waals surface area (Å²) in [5.41, 5.74) is 2.60. The van der Waals surface area contributed by atoms with E-state index in [4.69, 9.17) is 4.74 Å². The number of sulfonamides is 1. The van der Waals surface area contributed by atoms with Crippen LogP contribution in [0.2, 0.25) is 0 Å². The number of ether oxygens (including phenoxy) is 1. The van der Waals surface area contributed by atoms with Crippen molar-refractivity contribution in [3.63, 3.8) is 0 Å². The number of nitrogens with zero attached hydrogens (tertiary/aromatic N) is 2. The number of aryl methyl sites for hydroxylation is 1. The Hall–Kier alpha value is -1.89. The summed E-state index contributed by atoms with van der Waals surface area (Å²) in [5.74, 6) is 0.00663. The molecule has 0 bridgehead atoms. The zero-order chi connectivity index (χ0) is 18.4. The van der Waals surface area contributed by atoms with Crippen molar-refractivity contribution in [3.05, 3.63) is 65.7 Å². The van der Waals surface area contributed by atoms with Crippen molar-refractivity contribution in [2.45, 2.75) is 12.7 Å². The van der Waals surface area contributed by atoms with Crippen LogP contribution in [-0.2, 0) is 20.5 Å². The highest BCUT2D eigenvalue weighted by atomic mass is 32.2. The van der Waals surface area contributed by atoms with Crippen molar-refractivity contribution in [1.29, 1.82) is 0 Å². The predicted molar refractivity (Wildman–Crippen MR) is 105 cm³/mol. The highest BCUT2D eigenvalue weighted by Gasteiger charge is 2.24. The van der Waals surface area contributed by atoms with Gasteiger partial charge in [0.1, 0.15) is 0 Å². The number of rotatable bonds is 7. The van der Waals surface area contributed by atoms with Gasteiger partial charge in [0.2, 0.25) is 10.0 Å². The van der Waals surface area contributed by atoms with Crippen LogP contribution in [0.4, 0.5) is 5.69 Å². The summed E-state index contributed by atoms with van der Waals surface area (Å²) in [6.45, 7) is 6.23. The molecule has 0 atom stereocenters. The maximum Gasteiger partial charge on any atom is 0.239 e. The van der Waals surface area contributed by atoms with Crippen molar-refractivity contribution in [1.82, 2.24) is 4.90 Å². The second kappa shape index (κ2) is 8.66. The van der Waals surface area contributed by atoms with Gasteiger partial charge in [0.25, 0.3) is 0 Å². The van der Waals surface area contributed by atoms with Crippen LogP contribution in [-0.4, -0.2) is 52.7 Å². The smallest absolute Gasteiger partial charge is 0.239 e. The Morgan fingerprint density at radius 3 is 2.46 bits per heavy atom. The normalized spacial score (nSPS) is 15.7. The molecular formula is C20H26N2O3S. The van der Waals surface area contributed by atoms with E-state index in [1.54, 1.807) is 4.31 Å². The van der Waals surface area contributed by atoms with E-state index in [2.05, 4.69) is 4.90 Å². The molecule has 1 heterocycles. The van der Waals surface area contributed by atoms with Crippen LogP contribution in [0.5, 0.6) is 0 Å². The third kappa shape index (κ3) is 5.06. The molecule has 0 amide bonds. The maximum atomic E-state index is 13.2. The van der Waals surface area contributed by atoms with Crippen molar-refractivity contribution >= 4 is 15.7 Å². The summed E-state index contributed by atoms with van der Waals surface area (Å²) < 4.78 is 33.3. The number of anilines is 1. The number of benzene rings is 2. The van der Waals surface area contributed by atoms with Crippen LogP contribution in [0.3, 0.4) is 0 Å². The lowest BCUT2D eigenvalue weighted by Gasteiger charge is -2.30. The first kappa shape index (κ1) is 18.9. The summed E-state index contributed by atoms with van der Waals surface area (Å²) in [7, 11) is -3.47. The van der Waals surface area contributed by atoms with Crippen LogP contribution in [0.1, 0.15) is 11.1 Å². The van der Waals surface area contributed by atoms with Gasteiger partial charge in [0, 0.05) is 26.2 Å². The minimum atomic E-state index is -3.47. The fourth-order valence-corrected chi connectivity index (χ4v) is 4.73. The molecule has 2 aromatic carbocycles. The maximum absolute atomic E-state index is 13.2. The molecule has 0 aliphatic carbocycles. The Bertz CT molecular complexity index is 803. The van der Waals surface area contributed by atoms with Crippen LogP contribution in [0.15, 0.2) is 54.6 Å². The Kier molecular flexibility index (Phi) is 6.29. The van der Waals surface area contributed by atoms with Crippen LogP contribution >= 0.6 is 0 Å². The third-order valence-corrected chi connectivity index (χ3v) is 6.30. The minimum absolute atomic E-state index is 0.00663. The van der Waals surface area contributed by atoms with E-state index in [0.717, 1.165) is 24.2 Å². The third-order valence-electron chi connectivity index (χ3n) is 4.53. The first-order valence-electron chi connectivity index (χ1n) is 8.96. The van der Waals surface area contributed by atoms with E-state index in [1.165, 1.54) is 0 Å². The number of hydrogen-bond acceptors (Lipinski definition) is 4. The topological polar surface area (TPSA) is 49.9 Å². The van der Waals surface area contributed by atoms with Gasteiger partial charge in [0.05, 0.1) is 24.7 Å². The highest BCUT2D eigenvalue weighted by molar-refractivity contribution is 7.92. The molecule has 0 N–H and O–H groups in total. The van der Waals surface area contributed by atoms with Gasteiger partial charge in [-0.2, -0.15) is 0 Å². The average Bonchev–Trinajstić information content (AvgIpc) is 2.63. The van der Waals surface area contributed by atoms with Crippen LogP contribution < -0.4 is 4.31 Å². The van der Waals surface area contributed by atoms with Gasteiger partial charge in [-0.05, 0) is 24.6 Å². The average molecular weight is 375 g/mol. The van der Waals surface area contributed by atoms with Crippen molar-refractivity contribution in [3.8, 4) is 0 Å². The van der Waals surface area contributed by atoms with Gasteiger partial charge < -0.3 is 4.74 Å². The summed E-state index contributed by atoms with van der Waals surface area (Å²) in [4.78, 5) is 2.25. The van der Waals surface area contributed by atoms with Gasteiger partial charge in [-0.3, -0.25) is 9.21 Å². The molecule has 1 fully saturated rings. The molecule has 0 aromatic heterocycles. The summed E-state index contributed by atoms with van der Waals surface area (Å²) in [6, 6.07) is 17.0. The molecule has 1 aliphatic heterocycles. The SMILES string of the molecule is Cc1cccc(CS(=O)(=O)N(CCN2CCOCC2)c2ccccc2)c1. The quantitative estimate of drug-likeness (QED) is 0.748. The number of hydrogen-bond donors (Lipinski definition) is 0. The molecule has 2 aromatic rings. The summed E-state index contributed by atoms with van der Waals surface area (Å²) in [5, 5.41) is 0. The van der Waals surface area contributed by atoms with Gasteiger partial charge in [-0.1, -0.05) is 48.0 Å². The van der Waals surface area contributed by atoms with Gasteiger partial charge >= 0.3 is 0 Å². The van der Waals surface area contributed by atoms with E-state index >= 15 is 0 Å². The molecule has 1 saturated heterocycles. The second-order valence-electron chi connectivity index (χ2n) is 6.61. The molecule has 0 saturated carbocycles. The largest absolute Gasteiger partial charge is 0.379 e. The van der Waals surface area contributed by atoms with Crippen LogP contribution in [0, 0.1) is 6.92 Å². The Balaban J connectivity index is 1.79. The fraction of sp³-hybridized carbons (Fsp3) is 0.400. The summed E-state index contributed by atoms with van der Waals surface area (Å²) in [6.07, 6.45) is 0. The molecule has 0 radical (unpaired) electrons. The molecular weight excluding hydrogens is 348 g/mol. The van der Waals surface area contributed by atoms with Gasteiger partial charge in [0.15, 0.2) is 0 Å². The molecule has 3 rings (SSSR count). The van der Waals surface area contributed by atoms with E-state index in [9.17, 15) is 8.42 Å². The fourth-order valence-electron chi connectivity index (χ4n) is 3.17. The first-order chi connectivity index (χ1) is 12.5. The second-order valence-corrected chi connectivity index (χ2v) is 8.50. The molecule has 26 heavy (non-hydrogen) atoms. The highest BCUT2D eigenvalue weighted by Crippen LogP contribution is 2.21. The van der Waals surface area contributed by atoms with Crippen LogP contribution in [0.25, 0.3) is 0 Å². The summed E-state index contributed by atoms with van der Waals surface area (Å²) >= 11 is 0. The Morgan fingerprint density at radius 1 is 1.04 bits per heavy atom. The lowest BCUT2D eigenvalue weighted by atomic mass is 10.2.